The monoisotopic (exact) mass is 334 g/mol. The number of nitrogens with zero attached hydrogens (tertiary/aromatic N) is 3. The Morgan fingerprint density at radius 1 is 1.29 bits per heavy atom. The number of carbonyl (C=O) groups excluding carboxylic acids is 1. The van der Waals surface area contributed by atoms with E-state index in [9.17, 15) is 14.0 Å². The average molecular weight is 334 g/mol. The molecule has 0 aliphatic rings. The molecular formula is C16H19FN4O3. The van der Waals surface area contributed by atoms with Crippen molar-refractivity contribution in [2.75, 3.05) is 6.54 Å². The van der Waals surface area contributed by atoms with Gasteiger partial charge in [0.25, 0.3) is 5.91 Å². The van der Waals surface area contributed by atoms with Crippen LogP contribution < -0.4 is 5.32 Å². The number of halogens is 1. The van der Waals surface area contributed by atoms with Gasteiger partial charge in [0.2, 0.25) is 0 Å². The first-order valence-electron chi connectivity index (χ1n) is 7.56. The lowest BCUT2D eigenvalue weighted by Gasteiger charge is -2.14. The second-order valence-corrected chi connectivity index (χ2v) is 5.87. The van der Waals surface area contributed by atoms with E-state index in [0.717, 1.165) is 0 Å². The highest BCUT2D eigenvalue weighted by Crippen LogP contribution is 2.11. The van der Waals surface area contributed by atoms with Gasteiger partial charge in [-0.15, -0.1) is 5.10 Å². The van der Waals surface area contributed by atoms with E-state index in [1.54, 1.807) is 0 Å². The molecule has 0 aliphatic carbocycles. The molecule has 1 amide bonds. The second kappa shape index (κ2) is 7.67. The first-order valence-corrected chi connectivity index (χ1v) is 7.56. The van der Waals surface area contributed by atoms with Crippen LogP contribution in [0.4, 0.5) is 4.39 Å². The van der Waals surface area contributed by atoms with Gasteiger partial charge in [0, 0.05) is 6.54 Å². The summed E-state index contributed by atoms with van der Waals surface area (Å²) in [7, 11) is 0. The van der Waals surface area contributed by atoms with Crippen LogP contribution in [0.5, 0.6) is 0 Å². The van der Waals surface area contributed by atoms with Crippen LogP contribution in [-0.4, -0.2) is 38.5 Å². The maximum Gasteiger partial charge on any atom is 0.308 e. The van der Waals surface area contributed by atoms with Crippen molar-refractivity contribution < 1.29 is 19.1 Å². The van der Waals surface area contributed by atoms with Gasteiger partial charge in [0.05, 0.1) is 17.8 Å². The molecule has 0 aliphatic heterocycles. The van der Waals surface area contributed by atoms with Gasteiger partial charge in [-0.3, -0.25) is 9.59 Å². The van der Waals surface area contributed by atoms with Crippen molar-refractivity contribution in [3.63, 3.8) is 0 Å². The van der Waals surface area contributed by atoms with Crippen molar-refractivity contribution in [2.24, 2.45) is 11.8 Å². The predicted molar refractivity (Wildman–Crippen MR) is 84.2 cm³/mol. The molecule has 0 saturated carbocycles. The summed E-state index contributed by atoms with van der Waals surface area (Å²) in [6.45, 7) is 3.87. The van der Waals surface area contributed by atoms with Crippen molar-refractivity contribution in [3.05, 3.63) is 42.0 Å². The molecule has 1 aromatic heterocycles. The number of hydrogen-bond donors (Lipinski definition) is 2. The van der Waals surface area contributed by atoms with Gasteiger partial charge in [-0.05, 0) is 36.6 Å². The Kier molecular flexibility index (Phi) is 5.62. The van der Waals surface area contributed by atoms with Crippen LogP contribution in [0.1, 0.15) is 30.8 Å². The normalized spacial score (nSPS) is 12.2. The molecular weight excluding hydrogens is 315 g/mol. The maximum absolute atomic E-state index is 12.9. The number of carboxylic acid groups (broad SMARTS) is 1. The Bertz CT molecular complexity index is 712. The fourth-order valence-electron chi connectivity index (χ4n) is 2.21. The molecule has 0 radical (unpaired) electrons. The van der Waals surface area contributed by atoms with Crippen LogP contribution >= 0.6 is 0 Å². The first-order chi connectivity index (χ1) is 11.4. The molecule has 2 rings (SSSR count). The third kappa shape index (κ3) is 4.61. The molecule has 0 bridgehead atoms. The van der Waals surface area contributed by atoms with Gasteiger partial charge < -0.3 is 10.4 Å². The standard InChI is InChI=1S/C16H19FN4O3/c1-10(2)7-11(16(23)24)8-18-15(22)14-9-19-21(20-14)13-5-3-12(17)4-6-13/h3-6,9-11H,7-8H2,1-2H3,(H,18,22)(H,23,24). The van der Waals surface area contributed by atoms with Crippen molar-refractivity contribution in [2.45, 2.75) is 20.3 Å². The van der Waals surface area contributed by atoms with Gasteiger partial charge in [-0.1, -0.05) is 13.8 Å². The SMILES string of the molecule is CC(C)CC(CNC(=O)c1cnn(-c2ccc(F)cc2)n1)C(=O)O. The van der Waals surface area contributed by atoms with Crippen molar-refractivity contribution >= 4 is 11.9 Å². The van der Waals surface area contributed by atoms with Crippen LogP contribution in [0.15, 0.2) is 30.5 Å². The Morgan fingerprint density at radius 3 is 2.54 bits per heavy atom. The third-order valence-corrected chi connectivity index (χ3v) is 3.40. The number of rotatable bonds is 7. The quantitative estimate of drug-likeness (QED) is 0.806. The molecule has 8 heteroatoms. The predicted octanol–water partition coefficient (Wildman–Crippen LogP) is 1.88. The third-order valence-electron chi connectivity index (χ3n) is 3.40. The Balaban J connectivity index is 2.00. The number of hydrogen-bond acceptors (Lipinski definition) is 4. The molecule has 0 saturated heterocycles. The summed E-state index contributed by atoms with van der Waals surface area (Å²) in [5, 5.41) is 19.7. The molecule has 0 spiro atoms. The molecule has 0 fully saturated rings. The molecule has 128 valence electrons. The minimum absolute atomic E-state index is 0.0236. The highest BCUT2D eigenvalue weighted by Gasteiger charge is 2.21. The van der Waals surface area contributed by atoms with Crippen LogP contribution in [0, 0.1) is 17.7 Å². The van der Waals surface area contributed by atoms with E-state index in [2.05, 4.69) is 15.5 Å². The minimum Gasteiger partial charge on any atom is -0.481 e. The second-order valence-electron chi connectivity index (χ2n) is 5.87. The smallest absolute Gasteiger partial charge is 0.308 e. The van der Waals surface area contributed by atoms with E-state index in [1.807, 2.05) is 13.8 Å². The van der Waals surface area contributed by atoms with Gasteiger partial charge >= 0.3 is 5.97 Å². The minimum atomic E-state index is -0.945. The van der Waals surface area contributed by atoms with E-state index < -0.39 is 17.8 Å². The summed E-state index contributed by atoms with van der Waals surface area (Å²) >= 11 is 0. The first kappa shape index (κ1) is 17.6. The maximum atomic E-state index is 12.9. The Labute approximate surface area is 138 Å². The van der Waals surface area contributed by atoms with Gasteiger partial charge in [-0.25, -0.2) is 4.39 Å². The number of benzene rings is 1. The van der Waals surface area contributed by atoms with Gasteiger partial charge in [-0.2, -0.15) is 9.90 Å². The zero-order valence-corrected chi connectivity index (χ0v) is 13.4. The van der Waals surface area contributed by atoms with Gasteiger partial charge in [0.15, 0.2) is 5.69 Å². The Morgan fingerprint density at radius 2 is 1.96 bits per heavy atom. The summed E-state index contributed by atoms with van der Waals surface area (Å²) in [6, 6.07) is 5.50. The lowest BCUT2D eigenvalue weighted by atomic mass is 9.97. The summed E-state index contributed by atoms with van der Waals surface area (Å²) in [4.78, 5) is 24.5. The average Bonchev–Trinajstić information content (AvgIpc) is 3.01. The van der Waals surface area contributed by atoms with Crippen LogP contribution in [0.25, 0.3) is 5.69 Å². The molecule has 24 heavy (non-hydrogen) atoms. The van der Waals surface area contributed by atoms with E-state index in [0.29, 0.717) is 12.1 Å². The van der Waals surface area contributed by atoms with E-state index in [-0.39, 0.29) is 24.0 Å². The summed E-state index contributed by atoms with van der Waals surface area (Å²) in [6.07, 6.45) is 1.74. The lowest BCUT2D eigenvalue weighted by molar-refractivity contribution is -0.142. The zero-order chi connectivity index (χ0) is 17.7. The molecule has 7 nitrogen and oxygen atoms in total. The van der Waals surface area contributed by atoms with Gasteiger partial charge in [0.1, 0.15) is 5.82 Å². The zero-order valence-electron chi connectivity index (χ0n) is 13.4. The van der Waals surface area contributed by atoms with Crippen molar-refractivity contribution in [1.82, 2.24) is 20.3 Å². The largest absolute Gasteiger partial charge is 0.481 e. The van der Waals surface area contributed by atoms with Crippen molar-refractivity contribution in [1.29, 1.82) is 0 Å². The number of aliphatic carboxylic acids is 1. The fourth-order valence-corrected chi connectivity index (χ4v) is 2.21. The highest BCUT2D eigenvalue weighted by atomic mass is 19.1. The topological polar surface area (TPSA) is 97.1 Å². The van der Waals surface area contributed by atoms with Crippen molar-refractivity contribution in [3.8, 4) is 5.69 Å². The van der Waals surface area contributed by atoms with Crippen LogP contribution in [0.3, 0.4) is 0 Å². The Hall–Kier alpha value is -2.77. The number of amides is 1. The van der Waals surface area contributed by atoms with Crippen LogP contribution in [-0.2, 0) is 4.79 Å². The number of aromatic nitrogens is 3. The molecule has 1 aromatic carbocycles. The highest BCUT2D eigenvalue weighted by molar-refractivity contribution is 5.92. The molecule has 2 aromatic rings. The molecule has 1 heterocycles. The molecule has 2 N–H and O–H groups in total. The summed E-state index contributed by atoms with van der Waals surface area (Å²) in [5.74, 6) is -2.27. The fraction of sp³-hybridized carbons (Fsp3) is 0.375. The van der Waals surface area contributed by atoms with E-state index in [1.165, 1.54) is 35.3 Å². The van der Waals surface area contributed by atoms with E-state index in [4.69, 9.17) is 5.11 Å². The lowest BCUT2D eigenvalue weighted by Crippen LogP contribution is -2.33. The number of carboxylic acids is 1. The number of nitrogens with one attached hydrogen (secondary N) is 1. The van der Waals surface area contributed by atoms with Crippen LogP contribution in [0.2, 0.25) is 0 Å². The summed E-state index contributed by atoms with van der Waals surface area (Å²) < 4.78 is 12.9. The number of carbonyl (C=O) groups is 2. The van der Waals surface area contributed by atoms with E-state index >= 15 is 0 Å². The summed E-state index contributed by atoms with van der Waals surface area (Å²) in [5.41, 5.74) is 0.576. The molecule has 1 atom stereocenters. The molecule has 1 unspecified atom stereocenters.